The summed E-state index contributed by atoms with van der Waals surface area (Å²) in [6.45, 7) is 0. The second-order valence-electron chi connectivity index (χ2n) is 3.21. The lowest BCUT2D eigenvalue weighted by atomic mass is 10.3. The van der Waals surface area contributed by atoms with Gasteiger partial charge >= 0.3 is 5.97 Å². The quantitative estimate of drug-likeness (QED) is 0.847. The summed E-state index contributed by atoms with van der Waals surface area (Å²) >= 11 is 3.34. The Labute approximate surface area is 105 Å². The highest BCUT2D eigenvalue weighted by molar-refractivity contribution is 9.10. The van der Waals surface area contributed by atoms with Gasteiger partial charge in [-0.1, -0.05) is 27.2 Å². The zero-order valence-corrected chi connectivity index (χ0v) is 10.5. The smallest absolute Gasteiger partial charge is 0.362 e. The number of hydrogen-bond acceptors (Lipinski definition) is 5. The van der Waals surface area contributed by atoms with Gasteiger partial charge in [0.2, 0.25) is 5.69 Å². The minimum absolute atomic E-state index is 0.00692. The van der Waals surface area contributed by atoms with E-state index < -0.39 is 5.97 Å². The molecule has 1 aromatic carbocycles. The van der Waals surface area contributed by atoms with Crippen molar-refractivity contribution in [1.82, 2.24) is 15.0 Å². The first-order valence-electron chi connectivity index (χ1n) is 4.69. The van der Waals surface area contributed by atoms with Crippen LogP contribution in [0, 0.1) is 0 Å². The number of ether oxygens (including phenoxy) is 1. The number of carbonyl (C=O) groups is 1. The lowest BCUT2D eigenvalue weighted by Crippen LogP contribution is -2.07. The molecule has 0 fully saturated rings. The number of benzene rings is 1. The van der Waals surface area contributed by atoms with E-state index in [1.54, 1.807) is 6.07 Å². The number of rotatable bonds is 2. The van der Waals surface area contributed by atoms with E-state index in [-0.39, 0.29) is 11.5 Å². The third kappa shape index (κ3) is 2.14. The molecule has 0 aliphatic rings. The molecule has 1 aromatic heterocycles. The van der Waals surface area contributed by atoms with Gasteiger partial charge in [0.1, 0.15) is 0 Å². The summed E-state index contributed by atoms with van der Waals surface area (Å²) in [4.78, 5) is 11.3. The molecule has 17 heavy (non-hydrogen) atoms. The maximum absolute atomic E-state index is 11.3. The van der Waals surface area contributed by atoms with Crippen LogP contribution in [0.15, 0.2) is 28.7 Å². The van der Waals surface area contributed by atoms with Crippen LogP contribution in [0.4, 0.5) is 5.82 Å². The van der Waals surface area contributed by atoms with Gasteiger partial charge in [0, 0.05) is 4.47 Å². The van der Waals surface area contributed by atoms with Crippen molar-refractivity contribution in [2.24, 2.45) is 0 Å². The Kier molecular flexibility index (Phi) is 3.10. The van der Waals surface area contributed by atoms with Crippen LogP contribution in [-0.2, 0) is 4.74 Å². The van der Waals surface area contributed by atoms with E-state index in [1.165, 1.54) is 11.8 Å². The van der Waals surface area contributed by atoms with Gasteiger partial charge in [0.05, 0.1) is 12.8 Å². The van der Waals surface area contributed by atoms with Crippen molar-refractivity contribution in [3.05, 3.63) is 34.4 Å². The third-order valence-corrected chi connectivity index (χ3v) is 2.63. The number of nitrogens with zero attached hydrogens (tertiary/aromatic N) is 3. The lowest BCUT2D eigenvalue weighted by molar-refractivity contribution is 0.0595. The molecule has 0 aliphatic heterocycles. The zero-order valence-electron chi connectivity index (χ0n) is 8.92. The maximum atomic E-state index is 11.3. The van der Waals surface area contributed by atoms with Crippen LogP contribution < -0.4 is 5.73 Å². The number of hydrogen-bond donors (Lipinski definition) is 1. The molecule has 6 nitrogen and oxygen atoms in total. The van der Waals surface area contributed by atoms with Crippen LogP contribution in [0.25, 0.3) is 5.69 Å². The predicted molar refractivity (Wildman–Crippen MR) is 64.8 cm³/mol. The van der Waals surface area contributed by atoms with Crippen LogP contribution >= 0.6 is 15.9 Å². The lowest BCUT2D eigenvalue weighted by Gasteiger charge is -2.03. The first kappa shape index (κ1) is 11.6. The highest BCUT2D eigenvalue weighted by atomic mass is 79.9. The van der Waals surface area contributed by atoms with Crippen molar-refractivity contribution in [1.29, 1.82) is 0 Å². The second-order valence-corrected chi connectivity index (χ2v) is 4.12. The molecular weight excluding hydrogens is 288 g/mol. The Balaban J connectivity index is 2.48. The van der Waals surface area contributed by atoms with E-state index in [0.29, 0.717) is 5.69 Å². The van der Waals surface area contributed by atoms with Gasteiger partial charge in [-0.25, -0.2) is 4.79 Å². The van der Waals surface area contributed by atoms with Gasteiger partial charge in [0.15, 0.2) is 5.82 Å². The largest absolute Gasteiger partial charge is 0.464 e. The summed E-state index contributed by atoms with van der Waals surface area (Å²) in [5, 5.41) is 7.51. The topological polar surface area (TPSA) is 83.0 Å². The van der Waals surface area contributed by atoms with Crippen molar-refractivity contribution in [2.45, 2.75) is 0 Å². The molecule has 2 aromatic rings. The molecule has 0 saturated carbocycles. The number of carbonyl (C=O) groups excluding carboxylic acids is 1. The first-order valence-corrected chi connectivity index (χ1v) is 5.48. The summed E-state index contributed by atoms with van der Waals surface area (Å²) < 4.78 is 6.80. The van der Waals surface area contributed by atoms with Crippen molar-refractivity contribution in [3.8, 4) is 5.69 Å². The normalized spacial score (nSPS) is 10.2. The van der Waals surface area contributed by atoms with Gasteiger partial charge < -0.3 is 10.5 Å². The average molecular weight is 297 g/mol. The van der Waals surface area contributed by atoms with E-state index in [9.17, 15) is 4.79 Å². The number of esters is 1. The van der Waals surface area contributed by atoms with E-state index in [1.807, 2.05) is 18.2 Å². The Morgan fingerprint density at radius 2 is 2.29 bits per heavy atom. The molecule has 0 radical (unpaired) electrons. The van der Waals surface area contributed by atoms with E-state index >= 15 is 0 Å². The molecule has 0 spiro atoms. The Bertz CT molecular complexity index is 567. The summed E-state index contributed by atoms with van der Waals surface area (Å²) in [6.07, 6.45) is 0. The SMILES string of the molecule is COC(=O)c1nnn(-c2cccc(Br)c2)c1N. The van der Waals surface area contributed by atoms with Gasteiger partial charge in [-0.3, -0.25) is 0 Å². The van der Waals surface area contributed by atoms with Crippen molar-refractivity contribution >= 4 is 27.7 Å². The van der Waals surface area contributed by atoms with Crippen LogP contribution in [0.5, 0.6) is 0 Å². The molecular formula is C10H9BrN4O2. The summed E-state index contributed by atoms with van der Waals surface area (Å²) in [7, 11) is 1.26. The van der Waals surface area contributed by atoms with Crippen molar-refractivity contribution in [3.63, 3.8) is 0 Å². The molecule has 0 unspecified atom stereocenters. The average Bonchev–Trinajstić information content (AvgIpc) is 2.70. The second kappa shape index (κ2) is 4.54. The van der Waals surface area contributed by atoms with E-state index in [4.69, 9.17) is 5.73 Å². The molecule has 7 heteroatoms. The molecule has 2 N–H and O–H groups in total. The third-order valence-electron chi connectivity index (χ3n) is 2.14. The van der Waals surface area contributed by atoms with Crippen LogP contribution in [0.3, 0.4) is 0 Å². The summed E-state index contributed by atoms with van der Waals surface area (Å²) in [5.74, 6) is -0.460. The number of nitrogen functional groups attached to an aromatic ring is 1. The molecule has 2 rings (SSSR count). The van der Waals surface area contributed by atoms with Gasteiger partial charge in [-0.2, -0.15) is 4.68 Å². The molecule has 0 amide bonds. The number of methoxy groups -OCH3 is 1. The number of aromatic nitrogens is 3. The molecule has 0 atom stereocenters. The molecule has 1 heterocycles. The van der Waals surface area contributed by atoms with Crippen molar-refractivity contribution < 1.29 is 9.53 Å². The Morgan fingerprint density at radius 1 is 1.53 bits per heavy atom. The Hall–Kier alpha value is -1.89. The maximum Gasteiger partial charge on any atom is 0.362 e. The minimum Gasteiger partial charge on any atom is -0.464 e. The van der Waals surface area contributed by atoms with Crippen LogP contribution in [0.1, 0.15) is 10.5 Å². The Morgan fingerprint density at radius 3 is 2.94 bits per heavy atom. The molecule has 88 valence electrons. The van der Waals surface area contributed by atoms with E-state index in [0.717, 1.165) is 4.47 Å². The fraction of sp³-hybridized carbons (Fsp3) is 0.100. The van der Waals surface area contributed by atoms with Gasteiger partial charge in [-0.05, 0) is 18.2 Å². The standard InChI is InChI=1S/C10H9BrN4O2/c1-17-10(16)8-9(12)15(14-13-8)7-4-2-3-6(11)5-7/h2-5H,12H2,1H3. The monoisotopic (exact) mass is 296 g/mol. The highest BCUT2D eigenvalue weighted by Gasteiger charge is 2.18. The zero-order chi connectivity index (χ0) is 12.4. The number of anilines is 1. The molecule has 0 bridgehead atoms. The number of halogens is 1. The highest BCUT2D eigenvalue weighted by Crippen LogP contribution is 2.19. The minimum atomic E-state index is -0.608. The molecule has 0 saturated heterocycles. The van der Waals surface area contributed by atoms with Gasteiger partial charge in [-0.15, -0.1) is 5.10 Å². The predicted octanol–water partition coefficient (Wildman–Crippen LogP) is 1.40. The fourth-order valence-corrected chi connectivity index (χ4v) is 1.72. The molecule has 0 aliphatic carbocycles. The summed E-state index contributed by atoms with van der Waals surface area (Å²) in [5.41, 5.74) is 6.50. The summed E-state index contributed by atoms with van der Waals surface area (Å²) in [6, 6.07) is 7.32. The fourth-order valence-electron chi connectivity index (χ4n) is 1.33. The van der Waals surface area contributed by atoms with E-state index in [2.05, 4.69) is 31.0 Å². The van der Waals surface area contributed by atoms with Crippen molar-refractivity contribution in [2.75, 3.05) is 12.8 Å². The van der Waals surface area contributed by atoms with Gasteiger partial charge in [0.25, 0.3) is 0 Å². The number of nitrogens with two attached hydrogens (primary N) is 1. The van der Waals surface area contributed by atoms with Crippen LogP contribution in [0.2, 0.25) is 0 Å². The first-order chi connectivity index (χ1) is 8.13. The van der Waals surface area contributed by atoms with Crippen LogP contribution in [-0.4, -0.2) is 28.1 Å².